The van der Waals surface area contributed by atoms with Gasteiger partial charge in [-0.05, 0) is 45.4 Å². The van der Waals surface area contributed by atoms with Gasteiger partial charge in [0.25, 0.3) is 0 Å². The summed E-state index contributed by atoms with van der Waals surface area (Å²) in [4.78, 5) is 13.9. The number of aliphatic hydroxyl groups is 1. The summed E-state index contributed by atoms with van der Waals surface area (Å²) >= 11 is 0. The number of carbonyl (C=O) groups excluding carboxylic acids is 1. The number of rotatable bonds is 1. The Labute approximate surface area is 109 Å². The number of ether oxygens (including phenoxy) is 1. The van der Waals surface area contributed by atoms with Crippen molar-refractivity contribution in [1.82, 2.24) is 4.90 Å². The van der Waals surface area contributed by atoms with Crippen molar-refractivity contribution in [3.05, 3.63) is 0 Å². The van der Waals surface area contributed by atoms with E-state index in [9.17, 15) is 9.90 Å². The summed E-state index contributed by atoms with van der Waals surface area (Å²) in [5, 5.41) is 9.48. The summed E-state index contributed by atoms with van der Waals surface area (Å²) in [5.41, 5.74) is -0.215. The molecule has 1 amide bonds. The molecule has 1 atom stereocenters. The van der Waals surface area contributed by atoms with Gasteiger partial charge in [0.05, 0.1) is 12.6 Å². The van der Waals surface area contributed by atoms with Crippen LogP contribution < -0.4 is 0 Å². The maximum atomic E-state index is 12.2. The van der Waals surface area contributed by atoms with Gasteiger partial charge >= 0.3 is 6.09 Å². The zero-order valence-electron chi connectivity index (χ0n) is 11.7. The first-order valence-corrected chi connectivity index (χ1v) is 6.96. The summed E-state index contributed by atoms with van der Waals surface area (Å²) in [6.07, 6.45) is 5.53. The molecule has 1 saturated heterocycles. The zero-order valence-corrected chi connectivity index (χ0v) is 11.7. The Kier molecular flexibility index (Phi) is 3.58. The molecular formula is C14H25NO3. The molecule has 1 N–H and O–H groups in total. The molecule has 2 aliphatic rings. The van der Waals surface area contributed by atoms with E-state index in [1.165, 1.54) is 25.7 Å². The third kappa shape index (κ3) is 2.79. The molecular weight excluding hydrogens is 230 g/mol. The first kappa shape index (κ1) is 13.7. The number of hydrogen-bond donors (Lipinski definition) is 1. The number of aliphatic hydroxyl groups excluding tert-OH is 1. The molecule has 1 heterocycles. The molecule has 1 spiro atoms. The van der Waals surface area contributed by atoms with Crippen LogP contribution in [0.5, 0.6) is 0 Å². The molecule has 4 nitrogen and oxygen atoms in total. The second-order valence-corrected chi connectivity index (χ2v) is 6.86. The third-order valence-corrected chi connectivity index (χ3v) is 4.12. The van der Waals surface area contributed by atoms with Crippen molar-refractivity contribution in [3.8, 4) is 0 Å². The highest BCUT2D eigenvalue weighted by atomic mass is 16.6. The Balaban J connectivity index is 2.05. The third-order valence-electron chi connectivity index (χ3n) is 4.12. The second-order valence-electron chi connectivity index (χ2n) is 6.86. The van der Waals surface area contributed by atoms with Crippen molar-refractivity contribution in [3.63, 3.8) is 0 Å². The maximum absolute atomic E-state index is 12.2. The highest BCUT2D eigenvalue weighted by Gasteiger charge is 2.47. The monoisotopic (exact) mass is 255 g/mol. The molecule has 0 aromatic carbocycles. The van der Waals surface area contributed by atoms with Crippen LogP contribution in [0.15, 0.2) is 0 Å². The van der Waals surface area contributed by atoms with E-state index in [-0.39, 0.29) is 24.2 Å². The molecule has 2 fully saturated rings. The van der Waals surface area contributed by atoms with Gasteiger partial charge in [-0.25, -0.2) is 4.79 Å². The number of hydrogen-bond acceptors (Lipinski definition) is 3. The quantitative estimate of drug-likeness (QED) is 0.783. The largest absolute Gasteiger partial charge is 0.444 e. The summed E-state index contributed by atoms with van der Waals surface area (Å²) in [5.74, 6) is 0. The van der Waals surface area contributed by atoms with E-state index < -0.39 is 5.60 Å². The predicted molar refractivity (Wildman–Crippen MR) is 69.3 cm³/mol. The van der Waals surface area contributed by atoms with E-state index in [0.29, 0.717) is 0 Å². The SMILES string of the molecule is CC(C)(C)OC(=O)N1CC2(CCCC2)C[C@@H]1CO. The van der Waals surface area contributed by atoms with Crippen LogP contribution in [-0.2, 0) is 4.74 Å². The minimum absolute atomic E-state index is 0.0427. The fourth-order valence-corrected chi connectivity index (χ4v) is 3.35. The summed E-state index contributed by atoms with van der Waals surface area (Å²) in [6.45, 7) is 6.43. The van der Waals surface area contributed by atoms with Crippen molar-refractivity contribution in [2.75, 3.05) is 13.2 Å². The Morgan fingerprint density at radius 2 is 2.00 bits per heavy atom. The van der Waals surface area contributed by atoms with Crippen LogP contribution in [0.25, 0.3) is 0 Å². The lowest BCUT2D eigenvalue weighted by molar-refractivity contribution is 0.0164. The van der Waals surface area contributed by atoms with Gasteiger partial charge in [-0.3, -0.25) is 0 Å². The van der Waals surface area contributed by atoms with Gasteiger partial charge < -0.3 is 14.7 Å². The molecule has 18 heavy (non-hydrogen) atoms. The van der Waals surface area contributed by atoms with Crippen molar-refractivity contribution >= 4 is 6.09 Å². The van der Waals surface area contributed by atoms with Gasteiger partial charge in [0, 0.05) is 6.54 Å². The number of carbonyl (C=O) groups is 1. The number of amides is 1. The Morgan fingerprint density at radius 1 is 1.39 bits per heavy atom. The minimum atomic E-state index is -0.470. The average Bonchev–Trinajstić information content (AvgIpc) is 2.84. The van der Waals surface area contributed by atoms with E-state index in [0.717, 1.165) is 13.0 Å². The predicted octanol–water partition coefficient (Wildman–Crippen LogP) is 2.55. The normalized spacial score (nSPS) is 26.9. The van der Waals surface area contributed by atoms with Crippen LogP contribution in [0.4, 0.5) is 4.79 Å². The summed E-state index contributed by atoms with van der Waals surface area (Å²) < 4.78 is 5.43. The van der Waals surface area contributed by atoms with E-state index in [4.69, 9.17) is 4.74 Å². The fourth-order valence-electron chi connectivity index (χ4n) is 3.35. The smallest absolute Gasteiger partial charge is 0.410 e. The zero-order chi connectivity index (χ0) is 13.4. The van der Waals surface area contributed by atoms with E-state index in [1.54, 1.807) is 4.90 Å². The number of nitrogens with zero attached hydrogens (tertiary/aromatic N) is 1. The van der Waals surface area contributed by atoms with Gasteiger partial charge in [-0.2, -0.15) is 0 Å². The molecule has 104 valence electrons. The number of likely N-dealkylation sites (tertiary alicyclic amines) is 1. The van der Waals surface area contributed by atoms with Crippen LogP contribution in [0.1, 0.15) is 52.9 Å². The summed E-state index contributed by atoms with van der Waals surface area (Å²) in [7, 11) is 0. The van der Waals surface area contributed by atoms with Crippen molar-refractivity contribution in [2.45, 2.75) is 64.5 Å². The molecule has 1 aliphatic carbocycles. The Morgan fingerprint density at radius 3 is 2.50 bits per heavy atom. The van der Waals surface area contributed by atoms with Gasteiger partial charge in [0.2, 0.25) is 0 Å². The first-order chi connectivity index (χ1) is 8.35. The highest BCUT2D eigenvalue weighted by Crippen LogP contribution is 2.47. The molecule has 0 aromatic heterocycles. The van der Waals surface area contributed by atoms with Crippen molar-refractivity contribution in [1.29, 1.82) is 0 Å². The maximum Gasteiger partial charge on any atom is 0.410 e. The van der Waals surface area contributed by atoms with Gasteiger partial charge in [0.1, 0.15) is 5.60 Å². The first-order valence-electron chi connectivity index (χ1n) is 6.96. The van der Waals surface area contributed by atoms with E-state index >= 15 is 0 Å². The van der Waals surface area contributed by atoms with Gasteiger partial charge in [-0.15, -0.1) is 0 Å². The Hall–Kier alpha value is -0.770. The second kappa shape index (κ2) is 4.72. The van der Waals surface area contributed by atoms with Crippen molar-refractivity contribution < 1.29 is 14.6 Å². The van der Waals surface area contributed by atoms with E-state index in [1.807, 2.05) is 20.8 Å². The molecule has 1 saturated carbocycles. The molecule has 4 heteroatoms. The summed E-state index contributed by atoms with van der Waals surface area (Å²) in [6, 6.07) is -0.0575. The lowest BCUT2D eigenvalue weighted by Crippen LogP contribution is -2.41. The molecule has 0 bridgehead atoms. The van der Waals surface area contributed by atoms with Crippen LogP contribution in [0.3, 0.4) is 0 Å². The van der Waals surface area contributed by atoms with Gasteiger partial charge in [0.15, 0.2) is 0 Å². The standard InChI is InChI=1S/C14H25NO3/c1-13(2,3)18-12(17)15-10-14(6-4-5-7-14)8-11(15)9-16/h11,16H,4-10H2,1-3H3/t11-/m1/s1. The van der Waals surface area contributed by atoms with Crippen LogP contribution in [0.2, 0.25) is 0 Å². The average molecular weight is 255 g/mol. The topological polar surface area (TPSA) is 49.8 Å². The van der Waals surface area contributed by atoms with Crippen molar-refractivity contribution in [2.24, 2.45) is 5.41 Å². The van der Waals surface area contributed by atoms with Crippen LogP contribution in [-0.4, -0.2) is 40.9 Å². The molecule has 1 aliphatic heterocycles. The van der Waals surface area contributed by atoms with Crippen LogP contribution >= 0.6 is 0 Å². The minimum Gasteiger partial charge on any atom is -0.444 e. The Bertz CT molecular complexity index is 315. The van der Waals surface area contributed by atoms with Crippen LogP contribution in [0, 0.1) is 5.41 Å². The highest BCUT2D eigenvalue weighted by molar-refractivity contribution is 5.69. The molecule has 0 aromatic rings. The fraction of sp³-hybridized carbons (Fsp3) is 0.929. The van der Waals surface area contributed by atoms with E-state index in [2.05, 4.69) is 0 Å². The van der Waals surface area contributed by atoms with Gasteiger partial charge in [-0.1, -0.05) is 12.8 Å². The molecule has 0 unspecified atom stereocenters. The molecule has 2 rings (SSSR count). The lowest BCUT2D eigenvalue weighted by atomic mass is 9.84. The molecule has 0 radical (unpaired) electrons. The lowest BCUT2D eigenvalue weighted by Gasteiger charge is -2.28.